The molecular weight excluding hydrogens is 234 g/mol. The van der Waals surface area contributed by atoms with Gasteiger partial charge >= 0.3 is 0 Å². The summed E-state index contributed by atoms with van der Waals surface area (Å²) in [4.78, 5) is 15.6. The van der Waals surface area contributed by atoms with Crippen molar-refractivity contribution >= 4 is 23.2 Å². The van der Waals surface area contributed by atoms with Crippen LogP contribution in [0, 0.1) is 12.3 Å². The Morgan fingerprint density at radius 1 is 1.59 bits per heavy atom. The molecule has 17 heavy (non-hydrogen) atoms. The number of hydrogen-bond acceptors (Lipinski definition) is 3. The molecule has 2 rings (SSSR count). The smallest absolute Gasteiger partial charge is 0.231 e. The number of aromatic nitrogens is 2. The first-order valence-electron chi connectivity index (χ1n) is 5.06. The number of rotatable bonds is 4. The SMILES string of the molecule is C#CCNC(=O)CSc1ncc2ccccn12. The lowest BCUT2D eigenvalue weighted by Gasteiger charge is -2.01. The van der Waals surface area contributed by atoms with Crippen LogP contribution in [0.25, 0.3) is 5.52 Å². The van der Waals surface area contributed by atoms with Crippen LogP contribution in [0.15, 0.2) is 35.7 Å². The van der Waals surface area contributed by atoms with Crippen LogP contribution in [0.4, 0.5) is 0 Å². The van der Waals surface area contributed by atoms with E-state index in [9.17, 15) is 4.79 Å². The Morgan fingerprint density at radius 2 is 2.47 bits per heavy atom. The molecule has 0 aliphatic carbocycles. The van der Waals surface area contributed by atoms with Gasteiger partial charge in [-0.25, -0.2) is 4.98 Å². The predicted molar refractivity (Wildman–Crippen MR) is 67.8 cm³/mol. The van der Waals surface area contributed by atoms with Crippen molar-refractivity contribution in [1.29, 1.82) is 0 Å². The second kappa shape index (κ2) is 5.41. The van der Waals surface area contributed by atoms with Gasteiger partial charge in [0, 0.05) is 6.20 Å². The van der Waals surface area contributed by atoms with Crippen LogP contribution in [0.3, 0.4) is 0 Å². The Bertz CT molecular complexity index is 570. The topological polar surface area (TPSA) is 46.4 Å². The van der Waals surface area contributed by atoms with E-state index in [0.29, 0.717) is 5.75 Å². The van der Waals surface area contributed by atoms with Crippen LogP contribution in [-0.2, 0) is 4.79 Å². The lowest BCUT2D eigenvalue weighted by Crippen LogP contribution is -2.25. The fourth-order valence-electron chi connectivity index (χ4n) is 1.36. The highest BCUT2D eigenvalue weighted by molar-refractivity contribution is 7.99. The summed E-state index contributed by atoms with van der Waals surface area (Å²) >= 11 is 1.39. The molecule has 1 N–H and O–H groups in total. The molecule has 0 spiro atoms. The molecular formula is C12H11N3OS. The zero-order valence-corrected chi connectivity index (χ0v) is 9.91. The number of carbonyl (C=O) groups is 1. The summed E-state index contributed by atoms with van der Waals surface area (Å²) < 4.78 is 1.94. The van der Waals surface area contributed by atoms with E-state index in [1.165, 1.54) is 11.8 Å². The molecule has 86 valence electrons. The Morgan fingerprint density at radius 3 is 3.29 bits per heavy atom. The fourth-order valence-corrected chi connectivity index (χ4v) is 2.15. The van der Waals surface area contributed by atoms with Crippen LogP contribution < -0.4 is 5.32 Å². The minimum absolute atomic E-state index is 0.0827. The van der Waals surface area contributed by atoms with Gasteiger partial charge in [0.1, 0.15) is 0 Å². The number of carbonyl (C=O) groups excluding carboxylic acids is 1. The molecule has 0 unspecified atom stereocenters. The molecule has 0 saturated carbocycles. The van der Waals surface area contributed by atoms with E-state index in [1.54, 1.807) is 6.20 Å². The van der Waals surface area contributed by atoms with E-state index in [2.05, 4.69) is 16.2 Å². The summed E-state index contributed by atoms with van der Waals surface area (Å²) in [5, 5.41) is 3.41. The predicted octanol–water partition coefficient (Wildman–Crippen LogP) is 1.18. The van der Waals surface area contributed by atoms with Crippen molar-refractivity contribution in [2.75, 3.05) is 12.3 Å². The molecule has 0 radical (unpaired) electrons. The van der Waals surface area contributed by atoms with Gasteiger partial charge in [0.15, 0.2) is 5.16 Å². The van der Waals surface area contributed by atoms with Gasteiger partial charge in [-0.05, 0) is 12.1 Å². The number of nitrogens with zero attached hydrogens (tertiary/aromatic N) is 2. The van der Waals surface area contributed by atoms with Crippen LogP contribution in [0.5, 0.6) is 0 Å². The summed E-state index contributed by atoms with van der Waals surface area (Å²) in [5.74, 6) is 2.59. The number of terminal acetylenes is 1. The first kappa shape index (κ1) is 11.6. The van der Waals surface area contributed by atoms with Gasteiger partial charge in [-0.2, -0.15) is 0 Å². The number of fused-ring (bicyclic) bond motifs is 1. The van der Waals surface area contributed by atoms with E-state index in [4.69, 9.17) is 6.42 Å². The van der Waals surface area contributed by atoms with E-state index in [-0.39, 0.29) is 12.5 Å². The van der Waals surface area contributed by atoms with Gasteiger partial charge in [0.25, 0.3) is 0 Å². The van der Waals surface area contributed by atoms with Gasteiger partial charge in [-0.3, -0.25) is 9.20 Å². The highest BCUT2D eigenvalue weighted by atomic mass is 32.2. The molecule has 0 aliphatic heterocycles. The lowest BCUT2D eigenvalue weighted by molar-refractivity contribution is -0.118. The molecule has 0 aliphatic rings. The van der Waals surface area contributed by atoms with Crippen LogP contribution >= 0.6 is 11.8 Å². The lowest BCUT2D eigenvalue weighted by atomic mass is 10.4. The molecule has 0 atom stereocenters. The van der Waals surface area contributed by atoms with E-state index < -0.39 is 0 Å². The van der Waals surface area contributed by atoms with Gasteiger partial charge in [-0.1, -0.05) is 23.7 Å². The standard InChI is InChI=1S/C12H11N3OS/c1-2-6-13-11(16)9-17-12-14-8-10-5-3-4-7-15(10)12/h1,3-5,7-8H,6,9H2,(H,13,16). The minimum Gasteiger partial charge on any atom is -0.344 e. The van der Waals surface area contributed by atoms with Gasteiger partial charge in [0.2, 0.25) is 5.91 Å². The normalized spacial score (nSPS) is 10.1. The van der Waals surface area contributed by atoms with Gasteiger partial charge < -0.3 is 5.32 Å². The molecule has 5 heteroatoms. The average Bonchev–Trinajstić information content (AvgIpc) is 2.77. The summed E-state index contributed by atoms with van der Waals surface area (Å²) in [6.45, 7) is 0.266. The summed E-state index contributed by atoms with van der Waals surface area (Å²) in [6.07, 6.45) is 8.75. The monoisotopic (exact) mass is 245 g/mol. The van der Waals surface area contributed by atoms with Crippen molar-refractivity contribution < 1.29 is 4.79 Å². The Balaban J connectivity index is 2.00. The third kappa shape index (κ3) is 2.80. The number of pyridine rings is 1. The van der Waals surface area contributed by atoms with E-state index >= 15 is 0 Å². The minimum atomic E-state index is -0.0827. The zero-order chi connectivity index (χ0) is 12.1. The maximum absolute atomic E-state index is 11.4. The number of hydrogen-bond donors (Lipinski definition) is 1. The molecule has 2 aromatic rings. The van der Waals surface area contributed by atoms with Crippen molar-refractivity contribution in [2.24, 2.45) is 0 Å². The van der Waals surface area contributed by atoms with E-state index in [0.717, 1.165) is 10.7 Å². The quantitative estimate of drug-likeness (QED) is 0.650. The molecule has 1 amide bonds. The molecule has 2 aromatic heterocycles. The third-order valence-corrected chi connectivity index (χ3v) is 3.09. The van der Waals surface area contributed by atoms with Crippen molar-refractivity contribution in [2.45, 2.75) is 5.16 Å². The Kier molecular flexibility index (Phi) is 3.68. The number of thioether (sulfide) groups is 1. The fraction of sp³-hybridized carbons (Fsp3) is 0.167. The van der Waals surface area contributed by atoms with Crippen molar-refractivity contribution in [1.82, 2.24) is 14.7 Å². The Hall–Kier alpha value is -1.93. The summed E-state index contributed by atoms with van der Waals surface area (Å²) in [6, 6.07) is 5.84. The molecule has 0 aromatic carbocycles. The first-order chi connectivity index (χ1) is 8.31. The van der Waals surface area contributed by atoms with E-state index in [1.807, 2.05) is 28.8 Å². The van der Waals surface area contributed by atoms with Crippen molar-refractivity contribution in [3.8, 4) is 12.3 Å². The van der Waals surface area contributed by atoms with Crippen molar-refractivity contribution in [3.63, 3.8) is 0 Å². The average molecular weight is 245 g/mol. The van der Waals surface area contributed by atoms with Crippen molar-refractivity contribution in [3.05, 3.63) is 30.6 Å². The highest BCUT2D eigenvalue weighted by Gasteiger charge is 2.06. The molecule has 0 bridgehead atoms. The zero-order valence-electron chi connectivity index (χ0n) is 9.09. The van der Waals surface area contributed by atoms with Gasteiger partial charge in [0.05, 0.1) is 24.0 Å². The van der Waals surface area contributed by atoms with Crippen LogP contribution in [0.1, 0.15) is 0 Å². The molecule has 0 fully saturated rings. The molecule has 2 heterocycles. The van der Waals surface area contributed by atoms with Crippen LogP contribution in [0.2, 0.25) is 0 Å². The first-order valence-corrected chi connectivity index (χ1v) is 6.05. The largest absolute Gasteiger partial charge is 0.344 e. The van der Waals surface area contributed by atoms with Crippen LogP contribution in [-0.4, -0.2) is 27.6 Å². The highest BCUT2D eigenvalue weighted by Crippen LogP contribution is 2.17. The summed E-state index contributed by atoms with van der Waals surface area (Å²) in [7, 11) is 0. The number of imidazole rings is 1. The second-order valence-corrected chi connectivity index (χ2v) is 4.25. The number of nitrogens with one attached hydrogen (secondary N) is 1. The summed E-state index contributed by atoms with van der Waals surface area (Å²) in [5.41, 5.74) is 1.01. The molecule has 0 saturated heterocycles. The molecule has 4 nitrogen and oxygen atoms in total. The maximum Gasteiger partial charge on any atom is 0.231 e. The number of amides is 1. The van der Waals surface area contributed by atoms with Gasteiger partial charge in [-0.15, -0.1) is 6.42 Å². The maximum atomic E-state index is 11.4. The third-order valence-electron chi connectivity index (χ3n) is 2.12. The second-order valence-electron chi connectivity index (χ2n) is 3.31. The Labute approximate surface area is 103 Å².